The Balaban J connectivity index is 2.26. The first-order valence-corrected chi connectivity index (χ1v) is 7.19. The standard InChI is InChI=1S/C16H22N2O3/c1-2-13(6-8-16(20)21)9-11-18-15(19)7-5-14-4-3-10-17-12-14/h3-5,7,10,12-13H,2,6,8-9,11H2,1H3,(H,18,19)(H,20,21). The first-order chi connectivity index (χ1) is 10.1. The van der Waals surface area contributed by atoms with Crippen molar-refractivity contribution < 1.29 is 14.7 Å². The molecule has 0 spiro atoms. The lowest BCUT2D eigenvalue weighted by Crippen LogP contribution is -2.24. The zero-order chi connectivity index (χ0) is 15.5. The molecule has 0 fully saturated rings. The maximum absolute atomic E-state index is 11.6. The molecule has 0 radical (unpaired) electrons. The van der Waals surface area contributed by atoms with Crippen LogP contribution < -0.4 is 5.32 Å². The lowest BCUT2D eigenvalue weighted by atomic mass is 9.97. The fourth-order valence-corrected chi connectivity index (χ4v) is 1.99. The second kappa shape index (κ2) is 9.69. The number of carboxylic acid groups (broad SMARTS) is 1. The summed E-state index contributed by atoms with van der Waals surface area (Å²) in [5.41, 5.74) is 0.876. The highest BCUT2D eigenvalue weighted by Gasteiger charge is 2.09. The van der Waals surface area contributed by atoms with Gasteiger partial charge in [-0.25, -0.2) is 0 Å². The van der Waals surface area contributed by atoms with Crippen molar-refractivity contribution >= 4 is 18.0 Å². The summed E-state index contributed by atoms with van der Waals surface area (Å²) in [6, 6.07) is 3.68. The molecule has 1 aromatic rings. The van der Waals surface area contributed by atoms with E-state index in [4.69, 9.17) is 5.11 Å². The number of nitrogens with one attached hydrogen (secondary N) is 1. The van der Waals surface area contributed by atoms with E-state index in [1.165, 1.54) is 6.08 Å². The van der Waals surface area contributed by atoms with Gasteiger partial charge in [-0.1, -0.05) is 19.4 Å². The summed E-state index contributed by atoms with van der Waals surface area (Å²) >= 11 is 0. The van der Waals surface area contributed by atoms with Gasteiger partial charge in [0.25, 0.3) is 0 Å². The predicted molar refractivity (Wildman–Crippen MR) is 81.5 cm³/mol. The van der Waals surface area contributed by atoms with Crippen molar-refractivity contribution in [3.8, 4) is 0 Å². The van der Waals surface area contributed by atoms with Gasteiger partial charge in [-0.05, 0) is 36.5 Å². The number of aliphatic carboxylic acids is 1. The predicted octanol–water partition coefficient (Wildman–Crippen LogP) is 2.49. The quantitative estimate of drug-likeness (QED) is 0.685. The van der Waals surface area contributed by atoms with Crippen molar-refractivity contribution in [2.24, 2.45) is 5.92 Å². The molecular weight excluding hydrogens is 268 g/mol. The van der Waals surface area contributed by atoms with E-state index in [9.17, 15) is 9.59 Å². The summed E-state index contributed by atoms with van der Waals surface area (Å²) in [5, 5.41) is 11.5. The Labute approximate surface area is 125 Å². The molecule has 114 valence electrons. The number of carbonyl (C=O) groups excluding carboxylic acids is 1. The Morgan fingerprint density at radius 1 is 1.43 bits per heavy atom. The van der Waals surface area contributed by atoms with E-state index < -0.39 is 5.97 Å². The number of hydrogen-bond acceptors (Lipinski definition) is 3. The molecule has 0 aliphatic rings. The smallest absolute Gasteiger partial charge is 0.303 e. The molecule has 1 heterocycles. The van der Waals surface area contributed by atoms with Gasteiger partial charge in [-0.15, -0.1) is 0 Å². The van der Waals surface area contributed by atoms with Crippen molar-refractivity contribution in [2.45, 2.75) is 32.6 Å². The van der Waals surface area contributed by atoms with Crippen LogP contribution in [0.25, 0.3) is 6.08 Å². The van der Waals surface area contributed by atoms with Crippen LogP contribution in [0, 0.1) is 5.92 Å². The molecular formula is C16H22N2O3. The van der Waals surface area contributed by atoms with Gasteiger partial charge in [0.2, 0.25) is 5.91 Å². The van der Waals surface area contributed by atoms with Crippen LogP contribution in [-0.2, 0) is 9.59 Å². The molecule has 0 saturated carbocycles. The lowest BCUT2D eigenvalue weighted by Gasteiger charge is -2.13. The van der Waals surface area contributed by atoms with E-state index in [0.29, 0.717) is 18.9 Å². The fourth-order valence-electron chi connectivity index (χ4n) is 1.99. The monoisotopic (exact) mass is 290 g/mol. The number of aromatic nitrogens is 1. The SMILES string of the molecule is CCC(CCNC(=O)C=Cc1cccnc1)CCC(=O)O. The van der Waals surface area contributed by atoms with Gasteiger partial charge in [0.15, 0.2) is 0 Å². The molecule has 0 bridgehead atoms. The molecule has 0 aliphatic heterocycles. The Morgan fingerprint density at radius 2 is 2.24 bits per heavy atom. The van der Waals surface area contributed by atoms with E-state index in [-0.39, 0.29) is 12.3 Å². The highest BCUT2D eigenvalue weighted by molar-refractivity contribution is 5.91. The summed E-state index contributed by atoms with van der Waals surface area (Å²) in [6.07, 6.45) is 9.13. The third kappa shape index (κ3) is 7.87. The fraction of sp³-hybridized carbons (Fsp3) is 0.438. The minimum absolute atomic E-state index is 0.146. The number of carbonyl (C=O) groups is 2. The third-order valence-electron chi connectivity index (χ3n) is 3.31. The molecule has 2 N–H and O–H groups in total. The highest BCUT2D eigenvalue weighted by Crippen LogP contribution is 2.14. The van der Waals surface area contributed by atoms with Crippen LogP contribution in [0.4, 0.5) is 0 Å². The zero-order valence-electron chi connectivity index (χ0n) is 12.3. The first-order valence-electron chi connectivity index (χ1n) is 7.19. The van der Waals surface area contributed by atoms with E-state index in [2.05, 4.69) is 10.3 Å². The Hall–Kier alpha value is -2.17. The van der Waals surface area contributed by atoms with Crippen LogP contribution in [0.5, 0.6) is 0 Å². The second-order valence-corrected chi connectivity index (χ2v) is 4.91. The second-order valence-electron chi connectivity index (χ2n) is 4.91. The first kappa shape index (κ1) is 16.9. The average molecular weight is 290 g/mol. The zero-order valence-corrected chi connectivity index (χ0v) is 12.3. The average Bonchev–Trinajstić information content (AvgIpc) is 2.49. The van der Waals surface area contributed by atoms with Crippen molar-refractivity contribution in [3.63, 3.8) is 0 Å². The van der Waals surface area contributed by atoms with Gasteiger partial charge in [-0.3, -0.25) is 14.6 Å². The summed E-state index contributed by atoms with van der Waals surface area (Å²) in [6.45, 7) is 2.60. The molecule has 21 heavy (non-hydrogen) atoms. The van der Waals surface area contributed by atoms with E-state index in [1.807, 2.05) is 19.1 Å². The number of amides is 1. The van der Waals surface area contributed by atoms with Crippen LogP contribution in [0.1, 0.15) is 38.2 Å². The number of rotatable bonds is 9. The van der Waals surface area contributed by atoms with Gasteiger partial charge in [-0.2, -0.15) is 0 Å². The molecule has 0 aromatic carbocycles. The minimum atomic E-state index is -0.767. The number of hydrogen-bond donors (Lipinski definition) is 2. The normalized spacial score (nSPS) is 12.2. The van der Waals surface area contributed by atoms with Gasteiger partial charge in [0, 0.05) is 31.4 Å². The molecule has 5 heteroatoms. The molecule has 1 amide bonds. The van der Waals surface area contributed by atoms with Gasteiger partial charge < -0.3 is 10.4 Å². The van der Waals surface area contributed by atoms with E-state index in [1.54, 1.807) is 18.5 Å². The molecule has 1 unspecified atom stereocenters. The van der Waals surface area contributed by atoms with Crippen LogP contribution in [0.2, 0.25) is 0 Å². The van der Waals surface area contributed by atoms with Crippen molar-refractivity contribution in [3.05, 3.63) is 36.2 Å². The number of nitrogens with zero attached hydrogens (tertiary/aromatic N) is 1. The molecule has 1 aromatic heterocycles. The van der Waals surface area contributed by atoms with Gasteiger partial charge in [0.1, 0.15) is 0 Å². The van der Waals surface area contributed by atoms with E-state index in [0.717, 1.165) is 18.4 Å². The Morgan fingerprint density at radius 3 is 2.86 bits per heavy atom. The van der Waals surface area contributed by atoms with Gasteiger partial charge >= 0.3 is 5.97 Å². The molecule has 1 rings (SSSR count). The lowest BCUT2D eigenvalue weighted by molar-refractivity contribution is -0.137. The van der Waals surface area contributed by atoms with Crippen LogP contribution in [0.3, 0.4) is 0 Å². The molecule has 0 saturated heterocycles. The number of carboxylic acids is 1. The topological polar surface area (TPSA) is 79.3 Å². The summed E-state index contributed by atoms with van der Waals surface area (Å²) in [7, 11) is 0. The molecule has 5 nitrogen and oxygen atoms in total. The van der Waals surface area contributed by atoms with Crippen LogP contribution >= 0.6 is 0 Å². The van der Waals surface area contributed by atoms with Crippen molar-refractivity contribution in [1.29, 1.82) is 0 Å². The van der Waals surface area contributed by atoms with Crippen LogP contribution in [-0.4, -0.2) is 28.5 Å². The van der Waals surface area contributed by atoms with Crippen molar-refractivity contribution in [2.75, 3.05) is 6.54 Å². The van der Waals surface area contributed by atoms with E-state index >= 15 is 0 Å². The summed E-state index contributed by atoms with van der Waals surface area (Å²) in [5.74, 6) is -0.576. The minimum Gasteiger partial charge on any atom is -0.481 e. The Kier molecular flexibility index (Phi) is 7.79. The third-order valence-corrected chi connectivity index (χ3v) is 3.31. The van der Waals surface area contributed by atoms with Crippen LogP contribution in [0.15, 0.2) is 30.6 Å². The van der Waals surface area contributed by atoms with Gasteiger partial charge in [0.05, 0.1) is 0 Å². The summed E-state index contributed by atoms with van der Waals surface area (Å²) < 4.78 is 0. The maximum atomic E-state index is 11.6. The largest absolute Gasteiger partial charge is 0.481 e. The maximum Gasteiger partial charge on any atom is 0.303 e. The van der Waals surface area contributed by atoms with Crippen molar-refractivity contribution in [1.82, 2.24) is 10.3 Å². The Bertz CT molecular complexity index is 472. The molecule has 0 aliphatic carbocycles. The molecule has 1 atom stereocenters. The highest BCUT2D eigenvalue weighted by atomic mass is 16.4. The number of pyridine rings is 1. The summed E-state index contributed by atoms with van der Waals surface area (Å²) in [4.78, 5) is 26.1.